The number of rotatable bonds is 6. The maximum atomic E-state index is 12.4. The average Bonchev–Trinajstić information content (AvgIpc) is 3.43. The molecule has 1 atom stereocenters. The second-order valence-electron chi connectivity index (χ2n) is 6.59. The summed E-state index contributed by atoms with van der Waals surface area (Å²) in [6.45, 7) is 3.64. The average molecular weight is 372 g/mol. The summed E-state index contributed by atoms with van der Waals surface area (Å²) >= 11 is 6.08. The molecule has 1 aliphatic carbocycles. The first kappa shape index (κ1) is 18.3. The van der Waals surface area contributed by atoms with E-state index in [0.29, 0.717) is 22.3 Å². The van der Waals surface area contributed by atoms with Crippen LogP contribution in [0.4, 0.5) is 11.4 Å². The number of benzene rings is 2. The van der Waals surface area contributed by atoms with Crippen LogP contribution in [0.15, 0.2) is 42.5 Å². The predicted molar refractivity (Wildman–Crippen MR) is 105 cm³/mol. The Labute approximate surface area is 158 Å². The topological polar surface area (TPSA) is 70.2 Å². The maximum absolute atomic E-state index is 12.4. The van der Waals surface area contributed by atoms with Gasteiger partial charge in [-0.25, -0.2) is 0 Å². The highest BCUT2D eigenvalue weighted by molar-refractivity contribution is 6.31. The Bertz CT molecular complexity index is 816. The minimum absolute atomic E-state index is 0.0544. The standard InChI is InChI=1S/C20H22ClN3O2/c1-12-17(21)4-3-5-18(12)24-19(25)13(2)22-15-8-6-14(7-9-15)20(26)23-16-10-11-16/h3-9,13,16,22H,10-11H2,1-2H3,(H,23,26)(H,24,25). The lowest BCUT2D eigenvalue weighted by atomic mass is 10.1. The Morgan fingerprint density at radius 2 is 1.81 bits per heavy atom. The SMILES string of the molecule is Cc1c(Cl)cccc1NC(=O)C(C)Nc1ccc(C(=O)NC2CC2)cc1. The van der Waals surface area contributed by atoms with Crippen LogP contribution in [0.1, 0.15) is 35.7 Å². The zero-order valence-electron chi connectivity index (χ0n) is 14.8. The van der Waals surface area contributed by atoms with Gasteiger partial charge in [0.1, 0.15) is 6.04 Å². The molecule has 1 unspecified atom stereocenters. The van der Waals surface area contributed by atoms with Gasteiger partial charge in [-0.3, -0.25) is 9.59 Å². The molecule has 0 aromatic heterocycles. The molecule has 3 rings (SSSR count). The van der Waals surface area contributed by atoms with E-state index >= 15 is 0 Å². The van der Waals surface area contributed by atoms with Gasteiger partial charge in [0.2, 0.25) is 5.91 Å². The molecule has 2 amide bonds. The van der Waals surface area contributed by atoms with Crippen LogP contribution < -0.4 is 16.0 Å². The molecule has 5 nitrogen and oxygen atoms in total. The van der Waals surface area contributed by atoms with E-state index in [9.17, 15) is 9.59 Å². The number of carbonyl (C=O) groups is 2. The molecule has 26 heavy (non-hydrogen) atoms. The summed E-state index contributed by atoms with van der Waals surface area (Å²) in [5.74, 6) is -0.216. The number of halogens is 1. The monoisotopic (exact) mass is 371 g/mol. The highest BCUT2D eigenvalue weighted by atomic mass is 35.5. The van der Waals surface area contributed by atoms with E-state index in [-0.39, 0.29) is 11.8 Å². The number of nitrogens with one attached hydrogen (secondary N) is 3. The lowest BCUT2D eigenvalue weighted by Crippen LogP contribution is -2.32. The Balaban J connectivity index is 1.58. The van der Waals surface area contributed by atoms with Crippen LogP contribution in [-0.4, -0.2) is 23.9 Å². The van der Waals surface area contributed by atoms with Crippen molar-refractivity contribution in [3.8, 4) is 0 Å². The second kappa shape index (κ2) is 7.79. The Morgan fingerprint density at radius 1 is 1.12 bits per heavy atom. The highest BCUT2D eigenvalue weighted by Crippen LogP contribution is 2.23. The first-order valence-electron chi connectivity index (χ1n) is 8.67. The third kappa shape index (κ3) is 4.55. The number of amides is 2. The van der Waals surface area contributed by atoms with E-state index < -0.39 is 6.04 Å². The Kier molecular flexibility index (Phi) is 5.47. The smallest absolute Gasteiger partial charge is 0.251 e. The van der Waals surface area contributed by atoms with Gasteiger partial charge in [0, 0.05) is 28.0 Å². The largest absolute Gasteiger partial charge is 0.374 e. The fourth-order valence-corrected chi connectivity index (χ4v) is 2.69. The summed E-state index contributed by atoms with van der Waals surface area (Å²) in [6.07, 6.45) is 2.12. The summed E-state index contributed by atoms with van der Waals surface area (Å²) in [7, 11) is 0. The molecule has 6 heteroatoms. The number of carbonyl (C=O) groups excluding carboxylic acids is 2. The van der Waals surface area contributed by atoms with Gasteiger partial charge in [0.05, 0.1) is 0 Å². The first-order valence-corrected chi connectivity index (χ1v) is 9.05. The Morgan fingerprint density at radius 3 is 2.46 bits per heavy atom. The van der Waals surface area contributed by atoms with Crippen molar-refractivity contribution >= 4 is 34.8 Å². The lowest BCUT2D eigenvalue weighted by Gasteiger charge is -2.17. The first-order chi connectivity index (χ1) is 12.4. The molecule has 3 N–H and O–H groups in total. The lowest BCUT2D eigenvalue weighted by molar-refractivity contribution is -0.116. The van der Waals surface area contributed by atoms with Gasteiger partial charge in [0.15, 0.2) is 0 Å². The molecule has 1 saturated carbocycles. The van der Waals surface area contributed by atoms with E-state index in [1.807, 2.05) is 13.0 Å². The molecule has 0 radical (unpaired) electrons. The van der Waals surface area contributed by atoms with Crippen molar-refractivity contribution in [1.29, 1.82) is 0 Å². The molecule has 0 heterocycles. The number of hydrogen-bond donors (Lipinski definition) is 3. The summed E-state index contributed by atoms with van der Waals surface area (Å²) in [4.78, 5) is 24.4. The molecule has 1 fully saturated rings. The van der Waals surface area contributed by atoms with E-state index in [0.717, 1.165) is 24.1 Å². The van der Waals surface area contributed by atoms with Gasteiger partial charge < -0.3 is 16.0 Å². The van der Waals surface area contributed by atoms with Crippen LogP contribution in [0.2, 0.25) is 5.02 Å². The van der Waals surface area contributed by atoms with Gasteiger partial charge in [-0.05, 0) is 68.7 Å². The van der Waals surface area contributed by atoms with Crippen LogP contribution in [0.25, 0.3) is 0 Å². The van der Waals surface area contributed by atoms with Crippen molar-refractivity contribution in [1.82, 2.24) is 5.32 Å². The van der Waals surface area contributed by atoms with E-state index in [2.05, 4.69) is 16.0 Å². The van der Waals surface area contributed by atoms with Gasteiger partial charge in [-0.2, -0.15) is 0 Å². The van der Waals surface area contributed by atoms with Crippen molar-refractivity contribution in [2.45, 2.75) is 38.8 Å². The van der Waals surface area contributed by atoms with E-state index in [4.69, 9.17) is 11.6 Å². The highest BCUT2D eigenvalue weighted by Gasteiger charge is 2.23. The zero-order valence-corrected chi connectivity index (χ0v) is 15.6. The quantitative estimate of drug-likeness (QED) is 0.719. The number of anilines is 2. The molecule has 136 valence electrons. The molecular weight excluding hydrogens is 350 g/mol. The Hall–Kier alpha value is -2.53. The van der Waals surface area contributed by atoms with Crippen LogP contribution >= 0.6 is 11.6 Å². The van der Waals surface area contributed by atoms with Crippen molar-refractivity contribution in [3.05, 3.63) is 58.6 Å². The van der Waals surface area contributed by atoms with Crippen molar-refractivity contribution in [2.24, 2.45) is 0 Å². The van der Waals surface area contributed by atoms with Gasteiger partial charge in [0.25, 0.3) is 5.91 Å². The van der Waals surface area contributed by atoms with Crippen molar-refractivity contribution in [2.75, 3.05) is 10.6 Å². The zero-order chi connectivity index (χ0) is 18.7. The predicted octanol–water partition coefficient (Wildman–Crippen LogP) is 3.98. The fraction of sp³-hybridized carbons (Fsp3) is 0.300. The second-order valence-corrected chi connectivity index (χ2v) is 7.00. The van der Waals surface area contributed by atoms with Gasteiger partial charge >= 0.3 is 0 Å². The molecule has 0 aliphatic heterocycles. The van der Waals surface area contributed by atoms with Gasteiger partial charge in [-0.15, -0.1) is 0 Å². The molecule has 0 spiro atoms. The minimum atomic E-state index is -0.445. The van der Waals surface area contributed by atoms with Crippen LogP contribution in [-0.2, 0) is 4.79 Å². The van der Waals surface area contributed by atoms with E-state index in [1.165, 1.54) is 0 Å². The third-order valence-corrected chi connectivity index (χ3v) is 4.77. The summed E-state index contributed by atoms with van der Waals surface area (Å²) in [6, 6.07) is 12.4. The maximum Gasteiger partial charge on any atom is 0.251 e. The van der Waals surface area contributed by atoms with Crippen molar-refractivity contribution < 1.29 is 9.59 Å². The van der Waals surface area contributed by atoms with Crippen LogP contribution in [0.5, 0.6) is 0 Å². The van der Waals surface area contributed by atoms with E-state index in [1.54, 1.807) is 43.3 Å². The molecule has 2 aromatic rings. The minimum Gasteiger partial charge on any atom is -0.374 e. The molecule has 1 aliphatic rings. The normalized spacial score (nSPS) is 14.4. The number of hydrogen-bond acceptors (Lipinski definition) is 3. The molecule has 0 bridgehead atoms. The van der Waals surface area contributed by atoms with Crippen LogP contribution in [0.3, 0.4) is 0 Å². The fourth-order valence-electron chi connectivity index (χ4n) is 2.51. The molecule has 0 saturated heterocycles. The van der Waals surface area contributed by atoms with Crippen molar-refractivity contribution in [3.63, 3.8) is 0 Å². The summed E-state index contributed by atoms with van der Waals surface area (Å²) < 4.78 is 0. The molecule has 2 aromatic carbocycles. The third-order valence-electron chi connectivity index (χ3n) is 4.36. The summed E-state index contributed by atoms with van der Waals surface area (Å²) in [5, 5.41) is 9.58. The molecular formula is C20H22ClN3O2. The van der Waals surface area contributed by atoms with Gasteiger partial charge in [-0.1, -0.05) is 17.7 Å². The summed E-state index contributed by atoms with van der Waals surface area (Å²) in [5.41, 5.74) is 2.93. The van der Waals surface area contributed by atoms with Crippen LogP contribution in [0, 0.1) is 6.92 Å².